The molecule has 1 aromatic rings. The third kappa shape index (κ3) is 5.10. The number of rotatable bonds is 4. The summed E-state index contributed by atoms with van der Waals surface area (Å²) in [6.07, 6.45) is 0. The minimum Gasteiger partial charge on any atom is -0.481 e. The Hall–Kier alpha value is -2.04. The highest BCUT2D eigenvalue weighted by atomic mass is 16.4. The third-order valence-corrected chi connectivity index (χ3v) is 3.18. The highest BCUT2D eigenvalue weighted by molar-refractivity contribution is 5.89. The van der Waals surface area contributed by atoms with E-state index in [2.05, 4.69) is 10.6 Å². The van der Waals surface area contributed by atoms with Crippen molar-refractivity contribution in [3.63, 3.8) is 0 Å². The van der Waals surface area contributed by atoms with E-state index in [0.29, 0.717) is 17.8 Å². The number of anilines is 1. The lowest BCUT2D eigenvalue weighted by Crippen LogP contribution is -2.35. The molecule has 1 rings (SSSR count). The molecule has 5 nitrogen and oxygen atoms in total. The van der Waals surface area contributed by atoms with Crippen LogP contribution in [0.2, 0.25) is 0 Å². The topological polar surface area (TPSA) is 78.4 Å². The third-order valence-electron chi connectivity index (χ3n) is 3.18. The van der Waals surface area contributed by atoms with Crippen LogP contribution in [0, 0.1) is 5.41 Å². The minimum atomic E-state index is -0.951. The van der Waals surface area contributed by atoms with Gasteiger partial charge in [-0.2, -0.15) is 0 Å². The summed E-state index contributed by atoms with van der Waals surface area (Å²) in [7, 11) is 0. The van der Waals surface area contributed by atoms with Gasteiger partial charge in [-0.25, -0.2) is 4.79 Å². The van der Waals surface area contributed by atoms with E-state index >= 15 is 0 Å². The number of amides is 2. The predicted molar refractivity (Wildman–Crippen MR) is 83.6 cm³/mol. The van der Waals surface area contributed by atoms with Gasteiger partial charge >= 0.3 is 12.0 Å². The molecule has 0 atom stereocenters. The Morgan fingerprint density at radius 3 is 2.00 bits per heavy atom. The van der Waals surface area contributed by atoms with Crippen LogP contribution >= 0.6 is 0 Å². The zero-order valence-corrected chi connectivity index (χ0v) is 13.3. The molecule has 0 saturated heterocycles. The smallest absolute Gasteiger partial charge is 0.319 e. The number of carbonyl (C=O) groups is 2. The van der Waals surface area contributed by atoms with Gasteiger partial charge in [0, 0.05) is 12.2 Å². The van der Waals surface area contributed by atoms with Gasteiger partial charge in [0.15, 0.2) is 0 Å². The molecule has 5 heteroatoms. The molecule has 0 spiro atoms. The Bertz CT molecular complexity index is 513. The molecule has 116 valence electrons. The molecule has 0 fully saturated rings. The Kier molecular flexibility index (Phi) is 4.99. The molecule has 0 aromatic heterocycles. The van der Waals surface area contributed by atoms with Crippen LogP contribution in [-0.2, 0) is 10.2 Å². The highest BCUT2D eigenvalue weighted by Gasteiger charge is 2.29. The summed E-state index contributed by atoms with van der Waals surface area (Å²) in [5, 5.41) is 14.7. The van der Waals surface area contributed by atoms with Gasteiger partial charge in [0.1, 0.15) is 0 Å². The quantitative estimate of drug-likeness (QED) is 0.797. The first-order valence-electron chi connectivity index (χ1n) is 6.91. The van der Waals surface area contributed by atoms with E-state index in [1.165, 1.54) is 0 Å². The first-order valence-corrected chi connectivity index (χ1v) is 6.91. The number of urea groups is 1. The van der Waals surface area contributed by atoms with Crippen molar-refractivity contribution in [3.8, 4) is 0 Å². The molecule has 0 heterocycles. The Morgan fingerprint density at radius 2 is 1.57 bits per heavy atom. The molecule has 0 bridgehead atoms. The molecule has 0 unspecified atom stereocenters. The van der Waals surface area contributed by atoms with Crippen LogP contribution in [0.15, 0.2) is 24.3 Å². The molecule has 0 aliphatic carbocycles. The van der Waals surface area contributed by atoms with Crippen molar-refractivity contribution in [2.75, 3.05) is 11.9 Å². The van der Waals surface area contributed by atoms with Gasteiger partial charge in [-0.1, -0.05) is 32.9 Å². The average molecular weight is 292 g/mol. The summed E-state index contributed by atoms with van der Waals surface area (Å²) in [5.41, 5.74) is 0.390. The summed E-state index contributed by atoms with van der Waals surface area (Å²) < 4.78 is 0. The van der Waals surface area contributed by atoms with Crippen LogP contribution in [0.1, 0.15) is 40.2 Å². The lowest BCUT2D eigenvalue weighted by atomic mass is 9.85. The molecule has 0 aliphatic heterocycles. The van der Waals surface area contributed by atoms with Crippen molar-refractivity contribution >= 4 is 17.7 Å². The van der Waals surface area contributed by atoms with E-state index in [4.69, 9.17) is 0 Å². The van der Waals surface area contributed by atoms with Gasteiger partial charge < -0.3 is 15.7 Å². The summed E-state index contributed by atoms with van der Waals surface area (Å²) in [5.74, 6) is -0.883. The second-order valence-electron chi connectivity index (χ2n) is 6.88. The van der Waals surface area contributed by atoms with Gasteiger partial charge in [0.25, 0.3) is 0 Å². The van der Waals surface area contributed by atoms with Gasteiger partial charge in [-0.05, 0) is 37.0 Å². The van der Waals surface area contributed by atoms with Crippen LogP contribution in [0.25, 0.3) is 0 Å². The van der Waals surface area contributed by atoms with E-state index in [9.17, 15) is 14.7 Å². The fourth-order valence-corrected chi connectivity index (χ4v) is 1.61. The van der Waals surface area contributed by atoms with E-state index in [-0.39, 0.29) is 11.4 Å². The van der Waals surface area contributed by atoms with E-state index in [0.717, 1.165) is 0 Å². The summed E-state index contributed by atoms with van der Waals surface area (Å²) in [4.78, 5) is 22.9. The van der Waals surface area contributed by atoms with E-state index in [1.54, 1.807) is 38.1 Å². The number of hydrogen-bond acceptors (Lipinski definition) is 2. The van der Waals surface area contributed by atoms with Crippen molar-refractivity contribution in [2.24, 2.45) is 5.41 Å². The molecular formula is C16H24N2O3. The zero-order valence-electron chi connectivity index (χ0n) is 13.3. The van der Waals surface area contributed by atoms with Crippen LogP contribution in [0.4, 0.5) is 10.5 Å². The number of carboxylic acid groups (broad SMARTS) is 1. The maximum atomic E-state index is 11.7. The standard InChI is InChI=1S/C16H24N2O3/c1-15(2,3)10-17-14(21)18-12-8-6-11(7-9-12)16(4,5)13(19)20/h6-9H,10H2,1-5H3,(H,19,20)(H2,17,18,21). The number of carboxylic acids is 1. The number of hydrogen-bond donors (Lipinski definition) is 3. The van der Waals surface area contributed by atoms with Crippen molar-refractivity contribution < 1.29 is 14.7 Å². The Labute approximate surface area is 125 Å². The fraction of sp³-hybridized carbons (Fsp3) is 0.500. The molecule has 0 radical (unpaired) electrons. The molecule has 1 aromatic carbocycles. The second kappa shape index (κ2) is 6.16. The van der Waals surface area contributed by atoms with Crippen LogP contribution in [0.3, 0.4) is 0 Å². The number of aliphatic carboxylic acids is 1. The lowest BCUT2D eigenvalue weighted by Gasteiger charge is -2.20. The van der Waals surface area contributed by atoms with Gasteiger partial charge in [0.2, 0.25) is 0 Å². The van der Waals surface area contributed by atoms with Gasteiger partial charge in [-0.15, -0.1) is 0 Å². The van der Waals surface area contributed by atoms with Crippen molar-refractivity contribution in [1.29, 1.82) is 0 Å². The van der Waals surface area contributed by atoms with Gasteiger partial charge in [-0.3, -0.25) is 4.79 Å². The molecule has 0 saturated carbocycles. The van der Waals surface area contributed by atoms with E-state index in [1.807, 2.05) is 20.8 Å². The molecule has 21 heavy (non-hydrogen) atoms. The van der Waals surface area contributed by atoms with Crippen molar-refractivity contribution in [2.45, 2.75) is 40.0 Å². The van der Waals surface area contributed by atoms with Crippen molar-refractivity contribution in [3.05, 3.63) is 29.8 Å². The second-order valence-corrected chi connectivity index (χ2v) is 6.88. The molecular weight excluding hydrogens is 268 g/mol. The largest absolute Gasteiger partial charge is 0.481 e. The zero-order chi connectivity index (χ0) is 16.3. The predicted octanol–water partition coefficient (Wildman–Crippen LogP) is 3.22. The average Bonchev–Trinajstić information content (AvgIpc) is 2.36. The van der Waals surface area contributed by atoms with Crippen LogP contribution in [0.5, 0.6) is 0 Å². The number of nitrogens with one attached hydrogen (secondary N) is 2. The van der Waals surface area contributed by atoms with Crippen LogP contribution in [-0.4, -0.2) is 23.7 Å². The monoisotopic (exact) mass is 292 g/mol. The summed E-state index contributed by atoms with van der Waals surface area (Å²) >= 11 is 0. The van der Waals surface area contributed by atoms with Crippen molar-refractivity contribution in [1.82, 2.24) is 5.32 Å². The lowest BCUT2D eigenvalue weighted by molar-refractivity contribution is -0.142. The van der Waals surface area contributed by atoms with Crippen LogP contribution < -0.4 is 10.6 Å². The Balaban J connectivity index is 2.67. The van der Waals surface area contributed by atoms with Gasteiger partial charge in [0.05, 0.1) is 5.41 Å². The summed E-state index contributed by atoms with van der Waals surface area (Å²) in [6, 6.07) is 6.57. The highest BCUT2D eigenvalue weighted by Crippen LogP contribution is 2.24. The number of benzene rings is 1. The SMILES string of the molecule is CC(C)(C)CNC(=O)Nc1ccc(C(C)(C)C(=O)O)cc1. The summed E-state index contributed by atoms with van der Waals surface area (Å²) in [6.45, 7) is 9.98. The minimum absolute atomic E-state index is 0.0205. The first-order chi connectivity index (χ1) is 9.52. The maximum Gasteiger partial charge on any atom is 0.319 e. The Morgan fingerprint density at radius 1 is 1.05 bits per heavy atom. The number of carbonyl (C=O) groups excluding carboxylic acids is 1. The molecule has 0 aliphatic rings. The fourth-order valence-electron chi connectivity index (χ4n) is 1.61. The first kappa shape index (κ1) is 17.0. The normalized spacial score (nSPS) is 11.9. The maximum absolute atomic E-state index is 11.7. The van der Waals surface area contributed by atoms with E-state index < -0.39 is 11.4 Å². The molecule has 3 N–H and O–H groups in total. The molecule has 2 amide bonds.